The number of nitrogen functional groups attached to an aromatic ring is 1. The highest BCUT2D eigenvalue weighted by atomic mass is 16.6. The largest absolute Gasteiger partial charge is 0.383 e. The minimum Gasteiger partial charge on any atom is -0.383 e. The third kappa shape index (κ3) is 3.90. The first kappa shape index (κ1) is 15.2. The fraction of sp³-hybridized carbons (Fsp3) is 0.571. The van der Waals surface area contributed by atoms with E-state index in [1.165, 1.54) is 18.9 Å². The Kier molecular flexibility index (Phi) is 4.72. The molecule has 2 atom stereocenters. The number of carbonyl (C=O) groups is 1. The lowest BCUT2D eigenvalue weighted by Crippen LogP contribution is -2.32. The number of hydrogen-bond donors (Lipinski definition) is 2. The van der Waals surface area contributed by atoms with Crippen molar-refractivity contribution in [1.29, 1.82) is 0 Å². The van der Waals surface area contributed by atoms with Crippen LogP contribution in [0.25, 0.3) is 0 Å². The quantitative estimate of drug-likeness (QED) is 0.652. The minimum atomic E-state index is -0.591. The number of anilines is 1. The molecule has 1 aromatic rings. The second-order valence-electron chi connectivity index (χ2n) is 5.73. The second-order valence-corrected chi connectivity index (χ2v) is 5.73. The highest BCUT2D eigenvalue weighted by Gasteiger charge is 2.21. The average Bonchev–Trinajstić information content (AvgIpc) is 2.45. The molecular formula is C14H20N4O3. The number of nitrogens with two attached hydrogens (primary N) is 1. The van der Waals surface area contributed by atoms with Crippen LogP contribution >= 0.6 is 0 Å². The van der Waals surface area contributed by atoms with Gasteiger partial charge in [-0.15, -0.1) is 0 Å². The zero-order valence-electron chi connectivity index (χ0n) is 12.0. The van der Waals surface area contributed by atoms with Crippen molar-refractivity contribution >= 4 is 17.4 Å². The molecule has 1 fully saturated rings. The number of aromatic nitrogens is 1. The minimum absolute atomic E-state index is 0.00936. The summed E-state index contributed by atoms with van der Waals surface area (Å²) < 4.78 is 0. The number of rotatable bonds is 4. The Bertz CT molecular complexity index is 547. The fourth-order valence-corrected chi connectivity index (χ4v) is 2.82. The summed E-state index contributed by atoms with van der Waals surface area (Å²) >= 11 is 0. The lowest BCUT2D eigenvalue weighted by molar-refractivity contribution is -0.385. The molecule has 7 nitrogen and oxygen atoms in total. The van der Waals surface area contributed by atoms with E-state index in [4.69, 9.17) is 5.73 Å². The number of carbonyl (C=O) groups excluding carboxylic acids is 1. The van der Waals surface area contributed by atoms with E-state index in [0.29, 0.717) is 18.4 Å². The van der Waals surface area contributed by atoms with Crippen molar-refractivity contribution in [3.63, 3.8) is 0 Å². The predicted octanol–water partition coefficient (Wildman–Crippen LogP) is 2.13. The van der Waals surface area contributed by atoms with Crippen LogP contribution in [-0.2, 0) is 0 Å². The maximum Gasteiger partial charge on any atom is 0.288 e. The molecule has 1 saturated carbocycles. The van der Waals surface area contributed by atoms with Crippen LogP contribution in [0.1, 0.15) is 43.0 Å². The summed E-state index contributed by atoms with van der Waals surface area (Å²) in [5, 5.41) is 13.5. The van der Waals surface area contributed by atoms with Gasteiger partial charge >= 0.3 is 0 Å². The predicted molar refractivity (Wildman–Crippen MR) is 78.8 cm³/mol. The third-order valence-corrected chi connectivity index (χ3v) is 3.96. The maximum atomic E-state index is 12.1. The topological polar surface area (TPSA) is 111 Å². The first-order chi connectivity index (χ1) is 9.97. The Morgan fingerprint density at radius 2 is 2.33 bits per heavy atom. The lowest BCUT2D eigenvalue weighted by atomic mass is 9.82. The van der Waals surface area contributed by atoms with Crippen LogP contribution in [0.4, 0.5) is 11.5 Å². The van der Waals surface area contributed by atoms with Crippen molar-refractivity contribution in [2.45, 2.75) is 32.6 Å². The molecule has 1 amide bonds. The Hall–Kier alpha value is -2.18. The van der Waals surface area contributed by atoms with Crippen molar-refractivity contribution in [2.24, 2.45) is 11.8 Å². The highest BCUT2D eigenvalue weighted by Crippen LogP contribution is 2.28. The Morgan fingerprint density at radius 1 is 1.57 bits per heavy atom. The average molecular weight is 292 g/mol. The molecule has 0 bridgehead atoms. The first-order valence-electron chi connectivity index (χ1n) is 7.15. The van der Waals surface area contributed by atoms with Gasteiger partial charge in [0.15, 0.2) is 0 Å². The standard InChI is InChI=1S/C14H20N4O3/c1-9-3-2-4-10(5-9)7-17-14(19)12-6-11(18(20)21)8-16-13(12)15/h6,8-10H,2-5,7H2,1H3,(H2,15,16)(H,17,19). The molecular weight excluding hydrogens is 272 g/mol. The van der Waals surface area contributed by atoms with E-state index < -0.39 is 10.8 Å². The molecule has 1 aliphatic carbocycles. The number of pyridine rings is 1. The molecule has 0 saturated heterocycles. The Labute approximate surface area is 123 Å². The van der Waals surface area contributed by atoms with Crippen LogP contribution in [0.2, 0.25) is 0 Å². The molecule has 2 rings (SSSR count). The van der Waals surface area contributed by atoms with Crippen molar-refractivity contribution in [1.82, 2.24) is 10.3 Å². The zero-order valence-corrected chi connectivity index (χ0v) is 12.0. The summed E-state index contributed by atoms with van der Waals surface area (Å²) in [5.74, 6) is 0.757. The van der Waals surface area contributed by atoms with E-state index in [0.717, 1.165) is 19.0 Å². The van der Waals surface area contributed by atoms with E-state index >= 15 is 0 Å². The summed E-state index contributed by atoms with van der Waals surface area (Å²) in [4.78, 5) is 25.9. The van der Waals surface area contributed by atoms with Crippen molar-refractivity contribution in [3.05, 3.63) is 27.9 Å². The Balaban J connectivity index is 1.99. The summed E-state index contributed by atoms with van der Waals surface area (Å²) in [7, 11) is 0. The molecule has 0 spiro atoms. The molecule has 2 unspecified atom stereocenters. The van der Waals surface area contributed by atoms with Crippen LogP contribution in [0, 0.1) is 22.0 Å². The monoisotopic (exact) mass is 292 g/mol. The van der Waals surface area contributed by atoms with Gasteiger partial charge in [-0.3, -0.25) is 14.9 Å². The van der Waals surface area contributed by atoms with E-state index in [1.54, 1.807) is 0 Å². The molecule has 0 aromatic carbocycles. The van der Waals surface area contributed by atoms with Crippen molar-refractivity contribution in [2.75, 3.05) is 12.3 Å². The second kappa shape index (κ2) is 6.51. The third-order valence-electron chi connectivity index (χ3n) is 3.96. The maximum absolute atomic E-state index is 12.1. The van der Waals surface area contributed by atoms with Gasteiger partial charge in [0, 0.05) is 12.6 Å². The van der Waals surface area contributed by atoms with E-state index in [-0.39, 0.29) is 17.1 Å². The molecule has 1 heterocycles. The van der Waals surface area contributed by atoms with Gasteiger partial charge in [-0.25, -0.2) is 4.98 Å². The first-order valence-corrected chi connectivity index (χ1v) is 7.15. The smallest absolute Gasteiger partial charge is 0.288 e. The van der Waals surface area contributed by atoms with Crippen LogP contribution < -0.4 is 11.1 Å². The van der Waals surface area contributed by atoms with Gasteiger partial charge in [-0.1, -0.05) is 19.8 Å². The van der Waals surface area contributed by atoms with Crippen molar-refractivity contribution in [3.8, 4) is 0 Å². The molecule has 0 radical (unpaired) electrons. The molecule has 1 aromatic heterocycles. The number of amides is 1. The van der Waals surface area contributed by atoms with Gasteiger partial charge in [-0.05, 0) is 24.7 Å². The molecule has 0 aliphatic heterocycles. The van der Waals surface area contributed by atoms with Crippen LogP contribution in [0.3, 0.4) is 0 Å². The lowest BCUT2D eigenvalue weighted by Gasteiger charge is -2.26. The summed E-state index contributed by atoms with van der Waals surface area (Å²) in [6.07, 6.45) is 5.68. The molecule has 7 heteroatoms. The number of nitro groups is 1. The van der Waals surface area contributed by atoms with Gasteiger partial charge in [0.1, 0.15) is 12.0 Å². The zero-order chi connectivity index (χ0) is 15.4. The summed E-state index contributed by atoms with van der Waals surface area (Å²) in [5.41, 5.74) is 5.45. The van der Waals surface area contributed by atoms with Crippen molar-refractivity contribution < 1.29 is 9.72 Å². The molecule has 3 N–H and O–H groups in total. The number of hydrogen-bond acceptors (Lipinski definition) is 5. The summed E-state index contributed by atoms with van der Waals surface area (Å²) in [6, 6.07) is 1.17. The molecule has 21 heavy (non-hydrogen) atoms. The van der Waals surface area contributed by atoms with E-state index in [9.17, 15) is 14.9 Å². The van der Waals surface area contributed by atoms with Gasteiger partial charge in [0.2, 0.25) is 0 Å². The van der Waals surface area contributed by atoms with Crippen LogP contribution in [0.15, 0.2) is 12.3 Å². The SMILES string of the molecule is CC1CCCC(CNC(=O)c2cc([N+](=O)[O-])cnc2N)C1. The van der Waals surface area contributed by atoms with E-state index in [2.05, 4.69) is 17.2 Å². The van der Waals surface area contributed by atoms with Gasteiger partial charge in [-0.2, -0.15) is 0 Å². The Morgan fingerprint density at radius 3 is 3.00 bits per heavy atom. The summed E-state index contributed by atoms with van der Waals surface area (Å²) in [6.45, 7) is 2.79. The van der Waals surface area contributed by atoms with Crippen LogP contribution in [0.5, 0.6) is 0 Å². The van der Waals surface area contributed by atoms with Gasteiger partial charge in [0.05, 0.1) is 10.5 Å². The van der Waals surface area contributed by atoms with Gasteiger partial charge < -0.3 is 11.1 Å². The fourth-order valence-electron chi connectivity index (χ4n) is 2.82. The van der Waals surface area contributed by atoms with Crippen LogP contribution in [-0.4, -0.2) is 22.4 Å². The molecule has 1 aliphatic rings. The number of nitrogens with one attached hydrogen (secondary N) is 1. The normalized spacial score (nSPS) is 21.8. The van der Waals surface area contributed by atoms with Gasteiger partial charge in [0.25, 0.3) is 11.6 Å². The van der Waals surface area contributed by atoms with E-state index in [1.807, 2.05) is 0 Å². The highest BCUT2D eigenvalue weighted by molar-refractivity contribution is 5.98. The molecule has 114 valence electrons. The number of nitrogens with zero attached hydrogens (tertiary/aromatic N) is 2.